The number of amides is 2. The van der Waals surface area contributed by atoms with Crippen LogP contribution in [0.15, 0.2) is 55.0 Å². The molecule has 12 nitrogen and oxygen atoms in total. The van der Waals surface area contributed by atoms with Crippen molar-refractivity contribution in [2.45, 2.75) is 0 Å². The van der Waals surface area contributed by atoms with E-state index in [-0.39, 0.29) is 17.1 Å². The minimum atomic E-state index is -0.876. The number of hydrogen-bond donors (Lipinski definition) is 4. The molecule has 0 aliphatic carbocycles. The van der Waals surface area contributed by atoms with Crippen molar-refractivity contribution < 1.29 is 18.9 Å². The molecular formula is C17H13FN8O4. The third-order valence-electron chi connectivity index (χ3n) is 3.61. The van der Waals surface area contributed by atoms with Crippen LogP contribution in [0.5, 0.6) is 0 Å². The number of nitro groups is 1. The van der Waals surface area contributed by atoms with Gasteiger partial charge in [0.15, 0.2) is 0 Å². The van der Waals surface area contributed by atoms with Crippen molar-refractivity contribution in [3.05, 3.63) is 82.2 Å². The molecule has 2 amide bonds. The molecule has 30 heavy (non-hydrogen) atoms. The molecule has 3 aromatic rings. The maximum absolute atomic E-state index is 13.7. The monoisotopic (exact) mass is 412 g/mol. The topological polar surface area (TPSA) is 164 Å². The van der Waals surface area contributed by atoms with E-state index in [1.807, 2.05) is 0 Å². The summed E-state index contributed by atoms with van der Waals surface area (Å²) in [5.74, 6) is -3.06. The SMILES string of the molecule is O=C(NNc1ncnc(NNC(=O)c2ccccc2F)c1[N+](=O)[O-])c1ccccn1. The molecule has 0 atom stereocenters. The van der Waals surface area contributed by atoms with Gasteiger partial charge in [0, 0.05) is 6.20 Å². The predicted molar refractivity (Wildman–Crippen MR) is 102 cm³/mol. The highest BCUT2D eigenvalue weighted by molar-refractivity contribution is 5.95. The second kappa shape index (κ2) is 9.01. The lowest BCUT2D eigenvalue weighted by Crippen LogP contribution is -2.32. The van der Waals surface area contributed by atoms with Crippen LogP contribution in [-0.4, -0.2) is 31.7 Å². The van der Waals surface area contributed by atoms with Crippen molar-refractivity contribution in [3.8, 4) is 0 Å². The fourth-order valence-electron chi connectivity index (χ4n) is 2.24. The first kappa shape index (κ1) is 20.1. The lowest BCUT2D eigenvalue weighted by atomic mass is 10.2. The Labute approximate surface area is 167 Å². The van der Waals surface area contributed by atoms with Gasteiger partial charge in [-0.25, -0.2) is 14.4 Å². The van der Waals surface area contributed by atoms with Gasteiger partial charge in [-0.2, -0.15) is 0 Å². The highest BCUT2D eigenvalue weighted by Crippen LogP contribution is 2.27. The van der Waals surface area contributed by atoms with E-state index in [0.29, 0.717) is 0 Å². The molecule has 0 fully saturated rings. The van der Waals surface area contributed by atoms with E-state index < -0.39 is 34.1 Å². The molecule has 0 saturated heterocycles. The quantitative estimate of drug-likeness (QED) is 0.332. The summed E-state index contributed by atoms with van der Waals surface area (Å²) in [6, 6.07) is 9.84. The number of halogens is 1. The number of carbonyl (C=O) groups excluding carboxylic acids is 2. The average Bonchev–Trinajstić information content (AvgIpc) is 2.76. The summed E-state index contributed by atoms with van der Waals surface area (Å²) < 4.78 is 13.7. The van der Waals surface area contributed by atoms with Gasteiger partial charge in [-0.15, -0.1) is 0 Å². The number of carbonyl (C=O) groups is 2. The lowest BCUT2D eigenvalue weighted by molar-refractivity contribution is -0.383. The average molecular weight is 412 g/mol. The number of nitrogens with one attached hydrogen (secondary N) is 4. The number of anilines is 2. The molecule has 2 aromatic heterocycles. The highest BCUT2D eigenvalue weighted by atomic mass is 19.1. The van der Waals surface area contributed by atoms with E-state index in [2.05, 4.69) is 36.7 Å². The van der Waals surface area contributed by atoms with Gasteiger partial charge in [0.1, 0.15) is 17.8 Å². The first-order chi connectivity index (χ1) is 14.5. The van der Waals surface area contributed by atoms with Crippen LogP contribution in [0.1, 0.15) is 20.8 Å². The van der Waals surface area contributed by atoms with Crippen molar-refractivity contribution in [1.82, 2.24) is 25.8 Å². The third-order valence-corrected chi connectivity index (χ3v) is 3.61. The van der Waals surface area contributed by atoms with Gasteiger partial charge < -0.3 is 0 Å². The van der Waals surface area contributed by atoms with E-state index in [1.165, 1.54) is 30.5 Å². The summed E-state index contributed by atoms with van der Waals surface area (Å²) in [5.41, 5.74) is 8.04. The van der Waals surface area contributed by atoms with Crippen LogP contribution in [0.4, 0.5) is 21.7 Å². The molecule has 0 saturated carbocycles. The molecular weight excluding hydrogens is 399 g/mol. The number of hydrogen-bond acceptors (Lipinski definition) is 9. The molecule has 13 heteroatoms. The molecule has 3 rings (SSSR count). The molecule has 4 N–H and O–H groups in total. The van der Waals surface area contributed by atoms with E-state index >= 15 is 0 Å². The maximum atomic E-state index is 13.7. The van der Waals surface area contributed by atoms with Crippen molar-refractivity contribution in [3.63, 3.8) is 0 Å². The van der Waals surface area contributed by atoms with Gasteiger partial charge in [0.25, 0.3) is 11.8 Å². The van der Waals surface area contributed by atoms with Crippen LogP contribution in [0, 0.1) is 15.9 Å². The van der Waals surface area contributed by atoms with Crippen LogP contribution in [0.2, 0.25) is 0 Å². The summed E-state index contributed by atoms with van der Waals surface area (Å²) in [4.78, 5) is 46.0. The van der Waals surface area contributed by atoms with Gasteiger partial charge in [-0.3, -0.25) is 46.4 Å². The highest BCUT2D eigenvalue weighted by Gasteiger charge is 2.24. The number of pyridine rings is 1. The minimum Gasteiger partial charge on any atom is -0.276 e. The normalized spacial score (nSPS) is 10.0. The van der Waals surface area contributed by atoms with Crippen molar-refractivity contribution in [1.29, 1.82) is 0 Å². The summed E-state index contributed by atoms with van der Waals surface area (Å²) in [7, 11) is 0. The van der Waals surface area contributed by atoms with Crippen LogP contribution >= 0.6 is 0 Å². The fraction of sp³-hybridized carbons (Fsp3) is 0. The fourth-order valence-corrected chi connectivity index (χ4v) is 2.24. The molecule has 0 radical (unpaired) electrons. The van der Waals surface area contributed by atoms with Gasteiger partial charge >= 0.3 is 5.69 Å². The number of nitrogens with zero attached hydrogens (tertiary/aromatic N) is 4. The maximum Gasteiger partial charge on any atom is 0.356 e. The zero-order valence-corrected chi connectivity index (χ0v) is 15.0. The zero-order chi connectivity index (χ0) is 21.5. The predicted octanol–water partition coefficient (Wildman–Crippen LogP) is 1.43. The molecule has 152 valence electrons. The van der Waals surface area contributed by atoms with E-state index in [4.69, 9.17) is 0 Å². The van der Waals surface area contributed by atoms with E-state index in [9.17, 15) is 24.1 Å². The summed E-state index contributed by atoms with van der Waals surface area (Å²) >= 11 is 0. The number of benzene rings is 1. The van der Waals surface area contributed by atoms with Gasteiger partial charge in [0.05, 0.1) is 10.5 Å². The van der Waals surface area contributed by atoms with Crippen LogP contribution < -0.4 is 21.7 Å². The molecule has 0 aliphatic rings. The number of hydrazine groups is 2. The molecule has 0 spiro atoms. The Morgan fingerprint density at radius 1 is 0.900 bits per heavy atom. The summed E-state index contributed by atoms with van der Waals surface area (Å²) in [6.07, 6.45) is 2.36. The molecule has 2 heterocycles. The van der Waals surface area contributed by atoms with Crippen molar-refractivity contribution in [2.24, 2.45) is 0 Å². The Bertz CT molecular complexity index is 1100. The number of aromatic nitrogens is 3. The Morgan fingerprint density at radius 3 is 2.13 bits per heavy atom. The smallest absolute Gasteiger partial charge is 0.276 e. The van der Waals surface area contributed by atoms with Crippen LogP contribution in [-0.2, 0) is 0 Å². The van der Waals surface area contributed by atoms with Gasteiger partial charge in [-0.05, 0) is 24.3 Å². The second-order valence-electron chi connectivity index (χ2n) is 5.53. The summed E-state index contributed by atoms with van der Waals surface area (Å²) in [6.45, 7) is 0. The first-order valence-corrected chi connectivity index (χ1v) is 8.25. The zero-order valence-electron chi connectivity index (χ0n) is 15.0. The molecule has 0 bridgehead atoms. The van der Waals surface area contributed by atoms with Crippen molar-refractivity contribution >= 4 is 29.1 Å². The van der Waals surface area contributed by atoms with E-state index in [1.54, 1.807) is 12.1 Å². The second-order valence-corrected chi connectivity index (χ2v) is 5.53. The standard InChI is InChI=1S/C17H13FN8O4/c18-11-6-2-1-5-10(11)16(27)24-22-14-13(26(29)30)15(21-9-20-14)23-25-17(28)12-7-3-4-8-19-12/h1-9H,(H,24,27)(H,25,28)(H2,20,21,22,23). The van der Waals surface area contributed by atoms with Crippen molar-refractivity contribution in [2.75, 3.05) is 10.9 Å². The Balaban J connectivity index is 1.74. The molecule has 0 aliphatic heterocycles. The van der Waals surface area contributed by atoms with E-state index in [0.717, 1.165) is 12.4 Å². The largest absolute Gasteiger partial charge is 0.356 e. The van der Waals surface area contributed by atoms with Crippen LogP contribution in [0.3, 0.4) is 0 Å². The Kier molecular flexibility index (Phi) is 6.02. The number of rotatable bonds is 7. The Morgan fingerprint density at radius 2 is 1.53 bits per heavy atom. The van der Waals surface area contributed by atoms with Gasteiger partial charge in [0.2, 0.25) is 11.6 Å². The third kappa shape index (κ3) is 4.59. The molecule has 1 aromatic carbocycles. The van der Waals surface area contributed by atoms with Crippen LogP contribution in [0.25, 0.3) is 0 Å². The minimum absolute atomic E-state index is 0.0669. The lowest BCUT2D eigenvalue weighted by Gasteiger charge is -2.11. The summed E-state index contributed by atoms with van der Waals surface area (Å²) in [5, 5.41) is 11.5. The first-order valence-electron chi connectivity index (χ1n) is 8.25. The Hall–Kier alpha value is -4.68. The molecule has 0 unspecified atom stereocenters. The van der Waals surface area contributed by atoms with Gasteiger partial charge in [-0.1, -0.05) is 18.2 Å².